The van der Waals surface area contributed by atoms with Gasteiger partial charge in [0.15, 0.2) is 0 Å². The van der Waals surface area contributed by atoms with Crippen LogP contribution in [0.15, 0.2) is 23.1 Å². The Balaban J connectivity index is 3.26. The Labute approximate surface area is 99.1 Å². The fraction of sp³-hybridized carbons (Fsp3) is 0.273. The minimum absolute atomic E-state index is 0.114. The normalized spacial score (nSPS) is 11.5. The quantitative estimate of drug-likeness (QED) is 0.770. The molecule has 6 heteroatoms. The maximum Gasteiger partial charge on any atom is 0.246 e. The number of hydrogen-bond donors (Lipinski definition) is 0. The van der Waals surface area contributed by atoms with E-state index in [0.29, 0.717) is 6.07 Å². The van der Waals surface area contributed by atoms with Crippen molar-refractivity contribution in [3.8, 4) is 12.3 Å². The van der Waals surface area contributed by atoms with Crippen LogP contribution >= 0.6 is 0 Å². The molecule has 0 unspecified atom stereocenters. The summed E-state index contributed by atoms with van der Waals surface area (Å²) < 4.78 is 50.9. The number of rotatable bonds is 4. The van der Waals surface area contributed by atoms with Gasteiger partial charge in [-0.3, -0.25) is 0 Å². The van der Waals surface area contributed by atoms with Crippen LogP contribution in [0.3, 0.4) is 0 Å². The summed E-state index contributed by atoms with van der Waals surface area (Å²) in [5, 5.41) is 0. The molecule has 17 heavy (non-hydrogen) atoms. The molecule has 0 amide bonds. The third-order valence-corrected chi connectivity index (χ3v) is 4.09. The lowest BCUT2D eigenvalue weighted by Gasteiger charge is -2.18. The molecule has 0 saturated heterocycles. The number of terminal acetylenes is 1. The highest BCUT2D eigenvalue weighted by Crippen LogP contribution is 2.19. The van der Waals surface area contributed by atoms with Crippen LogP contribution in [0.4, 0.5) is 8.78 Å². The zero-order valence-electron chi connectivity index (χ0n) is 9.15. The molecule has 0 aliphatic carbocycles. The van der Waals surface area contributed by atoms with Crippen molar-refractivity contribution >= 4 is 10.0 Å². The summed E-state index contributed by atoms with van der Waals surface area (Å²) in [7, 11) is -4.01. The molecule has 0 saturated carbocycles. The Morgan fingerprint density at radius 2 is 2.06 bits per heavy atom. The Bertz CT molecular complexity index is 549. The molecule has 3 nitrogen and oxygen atoms in total. The van der Waals surface area contributed by atoms with E-state index in [4.69, 9.17) is 6.42 Å². The van der Waals surface area contributed by atoms with E-state index in [1.54, 1.807) is 6.92 Å². The van der Waals surface area contributed by atoms with Gasteiger partial charge in [0.25, 0.3) is 0 Å². The first-order valence-electron chi connectivity index (χ1n) is 4.82. The molecule has 0 atom stereocenters. The second kappa shape index (κ2) is 5.25. The van der Waals surface area contributed by atoms with Crippen LogP contribution in [0.1, 0.15) is 6.92 Å². The van der Waals surface area contributed by atoms with Gasteiger partial charge in [-0.2, -0.15) is 4.31 Å². The minimum Gasteiger partial charge on any atom is -0.207 e. The van der Waals surface area contributed by atoms with Crippen molar-refractivity contribution in [1.82, 2.24) is 4.31 Å². The van der Waals surface area contributed by atoms with Gasteiger partial charge >= 0.3 is 0 Å². The van der Waals surface area contributed by atoms with Crippen LogP contribution in [0, 0.1) is 24.0 Å². The maximum atomic E-state index is 13.4. The summed E-state index contributed by atoms with van der Waals surface area (Å²) in [6, 6.07) is 2.30. The predicted molar refractivity (Wildman–Crippen MR) is 59.6 cm³/mol. The van der Waals surface area contributed by atoms with Gasteiger partial charge in [0.2, 0.25) is 10.0 Å². The maximum absolute atomic E-state index is 13.4. The molecule has 0 radical (unpaired) electrons. The smallest absolute Gasteiger partial charge is 0.207 e. The third kappa shape index (κ3) is 2.81. The van der Waals surface area contributed by atoms with Crippen LogP contribution in [0.25, 0.3) is 0 Å². The molecule has 0 bridgehead atoms. The Morgan fingerprint density at radius 3 is 2.53 bits per heavy atom. The average molecular weight is 259 g/mol. The van der Waals surface area contributed by atoms with Gasteiger partial charge in [-0.25, -0.2) is 17.2 Å². The standard InChI is InChI=1S/C11H11F2NO2S/c1-3-7-14(4-2)17(15,16)11-6-5-9(12)8-10(11)13/h1,5-6,8H,4,7H2,2H3. The average Bonchev–Trinajstić information content (AvgIpc) is 2.24. The lowest BCUT2D eigenvalue weighted by Crippen LogP contribution is -2.31. The molecule has 1 rings (SSSR count). The minimum atomic E-state index is -4.01. The monoisotopic (exact) mass is 259 g/mol. The van der Waals surface area contributed by atoms with Crippen molar-refractivity contribution in [3.63, 3.8) is 0 Å². The van der Waals surface area contributed by atoms with E-state index in [1.807, 2.05) is 0 Å². The van der Waals surface area contributed by atoms with E-state index in [2.05, 4.69) is 5.92 Å². The molecule has 0 aliphatic heterocycles. The Hall–Kier alpha value is -1.45. The predicted octanol–water partition coefficient (Wildman–Crippen LogP) is 1.61. The highest BCUT2D eigenvalue weighted by atomic mass is 32.2. The van der Waals surface area contributed by atoms with E-state index in [-0.39, 0.29) is 13.1 Å². The molecule has 0 fully saturated rings. The molecule has 1 aromatic carbocycles. The molecular formula is C11H11F2NO2S. The number of benzene rings is 1. The van der Waals surface area contributed by atoms with Crippen molar-refractivity contribution in [3.05, 3.63) is 29.8 Å². The summed E-state index contributed by atoms with van der Waals surface area (Å²) in [6.07, 6.45) is 5.03. The zero-order chi connectivity index (χ0) is 13.1. The van der Waals surface area contributed by atoms with Gasteiger partial charge in [-0.1, -0.05) is 12.8 Å². The molecule has 0 heterocycles. The van der Waals surface area contributed by atoms with Crippen LogP contribution < -0.4 is 0 Å². The van der Waals surface area contributed by atoms with E-state index in [0.717, 1.165) is 16.4 Å². The number of hydrogen-bond acceptors (Lipinski definition) is 2. The van der Waals surface area contributed by atoms with E-state index in [9.17, 15) is 17.2 Å². The summed E-state index contributed by atoms with van der Waals surface area (Å²) in [5.41, 5.74) is 0. The van der Waals surface area contributed by atoms with Gasteiger partial charge < -0.3 is 0 Å². The van der Waals surface area contributed by atoms with Crippen molar-refractivity contribution in [1.29, 1.82) is 0 Å². The molecule has 0 aliphatic rings. The first kappa shape index (κ1) is 13.6. The molecule has 0 aromatic heterocycles. The van der Waals surface area contributed by atoms with Gasteiger partial charge in [-0.05, 0) is 12.1 Å². The van der Waals surface area contributed by atoms with E-state index < -0.39 is 26.6 Å². The van der Waals surface area contributed by atoms with Gasteiger partial charge in [-0.15, -0.1) is 6.42 Å². The SMILES string of the molecule is C#CCN(CC)S(=O)(=O)c1ccc(F)cc1F. The second-order valence-electron chi connectivity index (χ2n) is 3.21. The van der Waals surface area contributed by atoms with Gasteiger partial charge in [0, 0.05) is 12.6 Å². The van der Waals surface area contributed by atoms with Crippen LogP contribution in [-0.4, -0.2) is 25.8 Å². The van der Waals surface area contributed by atoms with E-state index in [1.165, 1.54) is 0 Å². The summed E-state index contributed by atoms with van der Waals surface area (Å²) in [6.45, 7) is 1.54. The van der Waals surface area contributed by atoms with Crippen LogP contribution in [-0.2, 0) is 10.0 Å². The van der Waals surface area contributed by atoms with Crippen molar-refractivity contribution in [2.75, 3.05) is 13.1 Å². The fourth-order valence-corrected chi connectivity index (χ4v) is 2.70. The molecule has 0 N–H and O–H groups in total. The number of sulfonamides is 1. The first-order valence-corrected chi connectivity index (χ1v) is 6.26. The third-order valence-electron chi connectivity index (χ3n) is 2.13. The zero-order valence-corrected chi connectivity index (χ0v) is 9.97. The molecule has 0 spiro atoms. The summed E-state index contributed by atoms with van der Waals surface area (Å²) in [4.78, 5) is -0.573. The summed E-state index contributed by atoms with van der Waals surface area (Å²) in [5.74, 6) is 0.219. The number of halogens is 2. The fourth-order valence-electron chi connectivity index (χ4n) is 1.29. The van der Waals surface area contributed by atoms with Crippen molar-refractivity contribution < 1.29 is 17.2 Å². The van der Waals surface area contributed by atoms with Gasteiger partial charge in [0.1, 0.15) is 16.5 Å². The topological polar surface area (TPSA) is 37.4 Å². The van der Waals surface area contributed by atoms with Crippen molar-refractivity contribution in [2.24, 2.45) is 0 Å². The van der Waals surface area contributed by atoms with Crippen molar-refractivity contribution in [2.45, 2.75) is 11.8 Å². The summed E-state index contributed by atoms with van der Waals surface area (Å²) >= 11 is 0. The highest BCUT2D eigenvalue weighted by molar-refractivity contribution is 7.89. The lowest BCUT2D eigenvalue weighted by atomic mass is 10.3. The second-order valence-corrected chi connectivity index (χ2v) is 5.12. The first-order chi connectivity index (χ1) is 7.93. The number of nitrogens with zero attached hydrogens (tertiary/aromatic N) is 1. The highest BCUT2D eigenvalue weighted by Gasteiger charge is 2.25. The largest absolute Gasteiger partial charge is 0.246 e. The molecule has 92 valence electrons. The molecule has 1 aromatic rings. The Kier molecular flexibility index (Phi) is 4.21. The Morgan fingerprint density at radius 1 is 1.41 bits per heavy atom. The molecular weight excluding hydrogens is 248 g/mol. The lowest BCUT2D eigenvalue weighted by molar-refractivity contribution is 0.456. The van der Waals surface area contributed by atoms with E-state index >= 15 is 0 Å². The van der Waals surface area contributed by atoms with Crippen LogP contribution in [0.5, 0.6) is 0 Å². The van der Waals surface area contributed by atoms with Crippen LogP contribution in [0.2, 0.25) is 0 Å². The van der Waals surface area contributed by atoms with Gasteiger partial charge in [0.05, 0.1) is 6.54 Å².